The Balaban J connectivity index is 2.99. The lowest BCUT2D eigenvalue weighted by Crippen LogP contribution is -2.28. The Labute approximate surface area is 121 Å². The summed E-state index contributed by atoms with van der Waals surface area (Å²) in [5.74, 6) is 1.89. The molecule has 0 unspecified atom stereocenters. The lowest BCUT2D eigenvalue weighted by atomic mass is 10.4. The van der Waals surface area contributed by atoms with E-state index in [1.807, 2.05) is 23.9 Å². The molecule has 0 fully saturated rings. The third-order valence-corrected chi connectivity index (χ3v) is 2.80. The molecule has 0 aliphatic rings. The molecule has 0 spiro atoms. The van der Waals surface area contributed by atoms with Crippen molar-refractivity contribution in [2.24, 2.45) is 0 Å². The molecule has 0 bridgehead atoms. The fourth-order valence-electron chi connectivity index (χ4n) is 1.67. The summed E-state index contributed by atoms with van der Waals surface area (Å²) in [6.45, 7) is 6.68. The van der Waals surface area contributed by atoms with Gasteiger partial charge in [-0.1, -0.05) is 6.92 Å². The highest BCUT2D eigenvalue weighted by molar-refractivity contribution is 5.44. The Kier molecular flexibility index (Phi) is 7.00. The summed E-state index contributed by atoms with van der Waals surface area (Å²) in [5, 5.41) is 12.2. The zero-order chi connectivity index (χ0) is 15.0. The third-order valence-electron chi connectivity index (χ3n) is 2.80. The van der Waals surface area contributed by atoms with Crippen LogP contribution in [0.3, 0.4) is 0 Å². The van der Waals surface area contributed by atoms with Crippen molar-refractivity contribution >= 4 is 17.8 Å². The topological polar surface area (TPSA) is 77.4 Å². The Morgan fingerprint density at radius 3 is 2.35 bits per heavy atom. The maximum atomic E-state index is 8.97. The molecule has 20 heavy (non-hydrogen) atoms. The van der Waals surface area contributed by atoms with Gasteiger partial charge in [-0.25, -0.2) is 0 Å². The predicted molar refractivity (Wildman–Crippen MR) is 82.5 cm³/mol. The summed E-state index contributed by atoms with van der Waals surface area (Å²) in [4.78, 5) is 17.2. The van der Waals surface area contributed by atoms with Crippen molar-refractivity contribution in [1.82, 2.24) is 15.0 Å². The van der Waals surface area contributed by atoms with Crippen LogP contribution in [-0.2, 0) is 0 Å². The number of rotatable bonds is 9. The van der Waals surface area contributed by atoms with E-state index in [-0.39, 0.29) is 6.61 Å². The van der Waals surface area contributed by atoms with Gasteiger partial charge >= 0.3 is 0 Å². The van der Waals surface area contributed by atoms with Gasteiger partial charge in [0.2, 0.25) is 17.8 Å². The van der Waals surface area contributed by atoms with Gasteiger partial charge in [0.15, 0.2) is 0 Å². The normalized spacial score (nSPS) is 10.4. The zero-order valence-electron chi connectivity index (χ0n) is 12.9. The molecule has 0 aromatic carbocycles. The molecule has 2 N–H and O–H groups in total. The number of nitrogens with zero attached hydrogens (tertiary/aromatic N) is 5. The minimum Gasteiger partial charge on any atom is -0.396 e. The van der Waals surface area contributed by atoms with Crippen molar-refractivity contribution in [3.8, 4) is 0 Å². The molecule has 114 valence electrons. The lowest BCUT2D eigenvalue weighted by Gasteiger charge is -2.22. The van der Waals surface area contributed by atoms with E-state index in [1.165, 1.54) is 0 Å². The molecule has 1 aromatic rings. The summed E-state index contributed by atoms with van der Waals surface area (Å²) >= 11 is 0. The van der Waals surface area contributed by atoms with Crippen LogP contribution in [0.2, 0.25) is 0 Å². The molecular weight excluding hydrogens is 256 g/mol. The van der Waals surface area contributed by atoms with E-state index in [9.17, 15) is 0 Å². The Morgan fingerprint density at radius 2 is 1.80 bits per heavy atom. The van der Waals surface area contributed by atoms with Crippen molar-refractivity contribution in [1.29, 1.82) is 0 Å². The first kappa shape index (κ1) is 16.4. The molecule has 0 aliphatic heterocycles. The van der Waals surface area contributed by atoms with E-state index in [0.717, 1.165) is 26.1 Å². The van der Waals surface area contributed by atoms with Crippen molar-refractivity contribution in [3.05, 3.63) is 0 Å². The van der Waals surface area contributed by atoms with E-state index in [2.05, 4.69) is 34.1 Å². The molecular formula is C13H26N6O. The first-order valence-corrected chi connectivity index (χ1v) is 7.15. The van der Waals surface area contributed by atoms with Crippen molar-refractivity contribution in [2.45, 2.75) is 26.7 Å². The average molecular weight is 282 g/mol. The average Bonchev–Trinajstić information content (AvgIpc) is 2.45. The zero-order valence-corrected chi connectivity index (χ0v) is 12.9. The molecule has 0 radical (unpaired) electrons. The summed E-state index contributed by atoms with van der Waals surface area (Å²) < 4.78 is 0. The van der Waals surface area contributed by atoms with E-state index >= 15 is 0 Å². The third kappa shape index (κ3) is 4.80. The van der Waals surface area contributed by atoms with Gasteiger partial charge in [-0.3, -0.25) is 0 Å². The molecule has 0 saturated carbocycles. The number of hydrogen-bond acceptors (Lipinski definition) is 7. The second kappa shape index (κ2) is 8.52. The van der Waals surface area contributed by atoms with Gasteiger partial charge in [0, 0.05) is 40.3 Å². The highest BCUT2D eigenvalue weighted by atomic mass is 16.3. The molecule has 0 amide bonds. The highest BCUT2D eigenvalue weighted by Crippen LogP contribution is 2.15. The molecule has 7 nitrogen and oxygen atoms in total. The molecule has 0 aliphatic carbocycles. The van der Waals surface area contributed by atoms with Crippen LogP contribution in [0.1, 0.15) is 26.7 Å². The summed E-state index contributed by atoms with van der Waals surface area (Å²) in [5.41, 5.74) is 0. The van der Waals surface area contributed by atoms with Crippen molar-refractivity contribution < 1.29 is 5.11 Å². The number of aliphatic hydroxyl groups is 1. The molecule has 1 aromatic heterocycles. The van der Waals surface area contributed by atoms with Gasteiger partial charge in [-0.2, -0.15) is 15.0 Å². The van der Waals surface area contributed by atoms with Crippen LogP contribution in [0.15, 0.2) is 0 Å². The van der Waals surface area contributed by atoms with Crippen LogP contribution < -0.4 is 15.1 Å². The van der Waals surface area contributed by atoms with Gasteiger partial charge in [0.05, 0.1) is 0 Å². The minimum atomic E-state index is 0.170. The Morgan fingerprint density at radius 1 is 1.10 bits per heavy atom. The summed E-state index contributed by atoms with van der Waals surface area (Å²) in [6.07, 6.45) is 1.72. The summed E-state index contributed by atoms with van der Waals surface area (Å²) in [6, 6.07) is 0. The number of nitrogens with one attached hydrogen (secondary N) is 1. The Hall–Kier alpha value is -1.63. The van der Waals surface area contributed by atoms with Crippen molar-refractivity contribution in [3.63, 3.8) is 0 Å². The maximum Gasteiger partial charge on any atom is 0.231 e. The maximum absolute atomic E-state index is 8.97. The van der Waals surface area contributed by atoms with Crippen LogP contribution >= 0.6 is 0 Å². The quantitative estimate of drug-likeness (QED) is 0.698. The van der Waals surface area contributed by atoms with Crippen LogP contribution in [-0.4, -0.2) is 60.4 Å². The van der Waals surface area contributed by atoms with Gasteiger partial charge in [0.25, 0.3) is 0 Å². The Bertz CT molecular complexity index is 398. The largest absolute Gasteiger partial charge is 0.396 e. The minimum absolute atomic E-state index is 0.170. The second-order valence-electron chi connectivity index (χ2n) is 4.74. The van der Waals surface area contributed by atoms with E-state index in [0.29, 0.717) is 24.3 Å². The van der Waals surface area contributed by atoms with E-state index < -0.39 is 0 Å². The first-order valence-electron chi connectivity index (χ1n) is 7.15. The van der Waals surface area contributed by atoms with Gasteiger partial charge in [-0.15, -0.1) is 0 Å². The van der Waals surface area contributed by atoms with Gasteiger partial charge < -0.3 is 20.2 Å². The van der Waals surface area contributed by atoms with Gasteiger partial charge in [0.1, 0.15) is 0 Å². The first-order chi connectivity index (χ1) is 9.62. The van der Waals surface area contributed by atoms with E-state index in [4.69, 9.17) is 5.11 Å². The monoisotopic (exact) mass is 282 g/mol. The smallest absolute Gasteiger partial charge is 0.231 e. The number of hydrogen-bond donors (Lipinski definition) is 2. The molecule has 0 saturated heterocycles. The predicted octanol–water partition coefficient (Wildman–Crippen LogP) is 0.968. The fraction of sp³-hybridized carbons (Fsp3) is 0.769. The van der Waals surface area contributed by atoms with Crippen LogP contribution in [0.25, 0.3) is 0 Å². The molecule has 1 heterocycles. The van der Waals surface area contributed by atoms with Crippen LogP contribution in [0.4, 0.5) is 17.8 Å². The van der Waals surface area contributed by atoms with Crippen LogP contribution in [0.5, 0.6) is 0 Å². The molecule has 1 rings (SSSR count). The molecule has 7 heteroatoms. The van der Waals surface area contributed by atoms with Gasteiger partial charge in [-0.05, 0) is 19.8 Å². The number of anilines is 3. The highest BCUT2D eigenvalue weighted by Gasteiger charge is 2.13. The standard InChI is InChI=1S/C13H26N6O/c1-5-8-14-11-15-12(18(3)4)17-13(16-11)19(6-2)9-7-10-20/h20H,5-10H2,1-4H3,(H,14,15,16,17). The van der Waals surface area contributed by atoms with Crippen molar-refractivity contribution in [2.75, 3.05) is 55.5 Å². The second-order valence-corrected chi connectivity index (χ2v) is 4.74. The fourth-order valence-corrected chi connectivity index (χ4v) is 1.67. The molecule has 0 atom stereocenters. The summed E-state index contributed by atoms with van der Waals surface area (Å²) in [7, 11) is 3.82. The number of aromatic nitrogens is 3. The van der Waals surface area contributed by atoms with Crippen LogP contribution in [0, 0.1) is 0 Å². The SMILES string of the molecule is CCCNc1nc(N(C)C)nc(N(CC)CCCO)n1. The number of aliphatic hydroxyl groups excluding tert-OH is 1. The van der Waals surface area contributed by atoms with E-state index in [1.54, 1.807) is 0 Å². The lowest BCUT2D eigenvalue weighted by molar-refractivity contribution is 0.289.